The van der Waals surface area contributed by atoms with Crippen molar-refractivity contribution in [3.63, 3.8) is 0 Å². The van der Waals surface area contributed by atoms with Crippen molar-refractivity contribution in [3.05, 3.63) is 28.8 Å². The summed E-state index contributed by atoms with van der Waals surface area (Å²) in [6.45, 7) is 4.88. The lowest BCUT2D eigenvalue weighted by Crippen LogP contribution is -2.47. The Morgan fingerprint density at radius 3 is 2.89 bits per heavy atom. The maximum Gasteiger partial charge on any atom is 0.257 e. The Hall–Kier alpha value is -0.870. The third-order valence-corrected chi connectivity index (χ3v) is 4.91. The number of aromatic hydroxyl groups is 1. The number of rotatable bonds is 1. The molecule has 1 aliphatic heterocycles. The first-order valence-corrected chi connectivity index (χ1v) is 7.34. The van der Waals surface area contributed by atoms with Gasteiger partial charge in [0.25, 0.3) is 5.91 Å². The van der Waals surface area contributed by atoms with Crippen molar-refractivity contribution in [3.8, 4) is 5.75 Å². The predicted octanol–water partition coefficient (Wildman–Crippen LogP) is 3.01. The smallest absolute Gasteiger partial charge is 0.257 e. The first-order chi connectivity index (χ1) is 8.50. The molecule has 0 aromatic heterocycles. The van der Waals surface area contributed by atoms with E-state index in [1.807, 2.05) is 23.6 Å². The minimum Gasteiger partial charge on any atom is -0.507 e. The van der Waals surface area contributed by atoms with Crippen molar-refractivity contribution in [2.75, 3.05) is 12.3 Å². The number of phenolic OH excluding ortho intramolecular Hbond substituents is 1. The normalized spacial score (nSPS) is 24.1. The van der Waals surface area contributed by atoms with Crippen LogP contribution >= 0.6 is 23.4 Å². The van der Waals surface area contributed by atoms with E-state index in [1.54, 1.807) is 12.1 Å². The largest absolute Gasteiger partial charge is 0.507 e. The quantitative estimate of drug-likeness (QED) is 0.862. The van der Waals surface area contributed by atoms with Crippen LogP contribution in [0, 0.1) is 0 Å². The van der Waals surface area contributed by atoms with Gasteiger partial charge in [0.15, 0.2) is 0 Å². The lowest BCUT2D eigenvalue weighted by molar-refractivity contribution is 0.0695. The van der Waals surface area contributed by atoms with Crippen molar-refractivity contribution in [1.82, 2.24) is 4.90 Å². The van der Waals surface area contributed by atoms with Gasteiger partial charge in [-0.3, -0.25) is 4.79 Å². The summed E-state index contributed by atoms with van der Waals surface area (Å²) >= 11 is 7.64. The fourth-order valence-electron chi connectivity index (χ4n) is 2.06. The minimum atomic E-state index is -0.121. The summed E-state index contributed by atoms with van der Waals surface area (Å²) in [5.74, 6) is 0.764. The van der Waals surface area contributed by atoms with E-state index in [0.717, 1.165) is 12.3 Å². The Kier molecular flexibility index (Phi) is 4.07. The number of carbonyl (C=O) groups is 1. The highest BCUT2D eigenvalue weighted by molar-refractivity contribution is 8.00. The molecule has 0 bridgehead atoms. The average Bonchev–Trinajstić information content (AvgIpc) is 2.32. The molecular weight excluding hydrogens is 270 g/mol. The molecule has 1 aliphatic rings. The molecule has 1 saturated heterocycles. The number of thioether (sulfide) groups is 1. The number of carbonyl (C=O) groups excluding carboxylic acids is 1. The Labute approximate surface area is 116 Å². The first-order valence-electron chi connectivity index (χ1n) is 5.92. The molecule has 1 fully saturated rings. The van der Waals surface area contributed by atoms with Crippen molar-refractivity contribution in [2.45, 2.75) is 25.1 Å². The van der Waals surface area contributed by atoms with E-state index in [-0.39, 0.29) is 17.7 Å². The standard InChI is InChI=1S/C13H16ClNO2S/c1-8-9(2)18-6-5-15(8)13(17)11-4-3-10(14)7-12(11)16/h3-4,7-9,16H,5-6H2,1-2H3. The van der Waals surface area contributed by atoms with Gasteiger partial charge in [-0.1, -0.05) is 18.5 Å². The van der Waals surface area contributed by atoms with Gasteiger partial charge in [-0.2, -0.15) is 11.8 Å². The molecule has 0 spiro atoms. The van der Waals surface area contributed by atoms with Crippen LogP contribution in [0.1, 0.15) is 24.2 Å². The SMILES string of the molecule is CC1SCCN(C(=O)c2ccc(Cl)cc2O)C1C. The van der Waals surface area contributed by atoms with E-state index in [1.165, 1.54) is 6.07 Å². The van der Waals surface area contributed by atoms with E-state index < -0.39 is 0 Å². The molecule has 1 aromatic rings. The van der Waals surface area contributed by atoms with E-state index in [2.05, 4.69) is 6.92 Å². The highest BCUT2D eigenvalue weighted by Crippen LogP contribution is 2.28. The molecule has 2 unspecified atom stereocenters. The molecule has 0 saturated carbocycles. The highest BCUT2D eigenvalue weighted by Gasteiger charge is 2.30. The van der Waals surface area contributed by atoms with Gasteiger partial charge in [0, 0.05) is 28.6 Å². The number of benzene rings is 1. The predicted molar refractivity (Wildman–Crippen MR) is 75.5 cm³/mol. The van der Waals surface area contributed by atoms with E-state index >= 15 is 0 Å². The van der Waals surface area contributed by atoms with Gasteiger partial charge >= 0.3 is 0 Å². The zero-order valence-corrected chi connectivity index (χ0v) is 12.0. The van der Waals surface area contributed by atoms with Crippen molar-refractivity contribution in [2.24, 2.45) is 0 Å². The number of hydrogen-bond donors (Lipinski definition) is 1. The van der Waals surface area contributed by atoms with Gasteiger partial charge in [-0.05, 0) is 25.1 Å². The van der Waals surface area contributed by atoms with E-state index in [4.69, 9.17) is 11.6 Å². The molecule has 2 rings (SSSR count). The third kappa shape index (κ3) is 2.59. The van der Waals surface area contributed by atoms with Gasteiger partial charge in [0.05, 0.1) is 5.56 Å². The number of hydrogen-bond acceptors (Lipinski definition) is 3. The van der Waals surface area contributed by atoms with Crippen molar-refractivity contribution >= 4 is 29.3 Å². The average molecular weight is 286 g/mol. The van der Waals surface area contributed by atoms with Gasteiger partial charge in [0.2, 0.25) is 0 Å². The summed E-state index contributed by atoms with van der Waals surface area (Å²) in [7, 11) is 0. The zero-order valence-electron chi connectivity index (χ0n) is 10.4. The van der Waals surface area contributed by atoms with Crippen molar-refractivity contribution < 1.29 is 9.90 Å². The lowest BCUT2D eigenvalue weighted by Gasteiger charge is -2.37. The maximum atomic E-state index is 12.4. The van der Waals surface area contributed by atoms with Crippen LogP contribution < -0.4 is 0 Å². The maximum absolute atomic E-state index is 12.4. The molecule has 98 valence electrons. The zero-order chi connectivity index (χ0) is 13.3. The molecule has 0 radical (unpaired) electrons. The number of nitrogens with zero attached hydrogens (tertiary/aromatic N) is 1. The van der Waals surface area contributed by atoms with Gasteiger partial charge in [0.1, 0.15) is 5.75 Å². The summed E-state index contributed by atoms with van der Waals surface area (Å²) in [5, 5.41) is 10.7. The summed E-state index contributed by atoms with van der Waals surface area (Å²) < 4.78 is 0. The van der Waals surface area contributed by atoms with Crippen LogP contribution in [0.2, 0.25) is 5.02 Å². The van der Waals surface area contributed by atoms with Crippen LogP contribution in [0.3, 0.4) is 0 Å². The molecule has 1 heterocycles. The monoisotopic (exact) mass is 285 g/mol. The summed E-state index contributed by atoms with van der Waals surface area (Å²) in [5.41, 5.74) is 0.324. The summed E-state index contributed by atoms with van der Waals surface area (Å²) in [4.78, 5) is 14.2. The Morgan fingerprint density at radius 2 is 2.22 bits per heavy atom. The van der Waals surface area contributed by atoms with E-state index in [9.17, 15) is 9.90 Å². The van der Waals surface area contributed by atoms with E-state index in [0.29, 0.717) is 15.8 Å². The minimum absolute atomic E-state index is 0.0504. The molecule has 5 heteroatoms. The van der Waals surface area contributed by atoms with Crippen LogP contribution in [0.5, 0.6) is 5.75 Å². The van der Waals surface area contributed by atoms with Crippen LogP contribution in [-0.4, -0.2) is 39.5 Å². The second kappa shape index (κ2) is 5.41. The fraction of sp³-hybridized carbons (Fsp3) is 0.462. The Bertz CT molecular complexity index is 466. The second-order valence-electron chi connectivity index (χ2n) is 4.48. The van der Waals surface area contributed by atoms with Gasteiger partial charge < -0.3 is 10.0 Å². The van der Waals surface area contributed by atoms with Gasteiger partial charge in [-0.25, -0.2) is 0 Å². The number of phenols is 1. The van der Waals surface area contributed by atoms with Crippen molar-refractivity contribution in [1.29, 1.82) is 0 Å². The molecule has 3 nitrogen and oxygen atoms in total. The molecule has 1 amide bonds. The van der Waals surface area contributed by atoms with Crippen LogP contribution in [0.25, 0.3) is 0 Å². The lowest BCUT2D eigenvalue weighted by atomic mass is 10.1. The molecule has 2 atom stereocenters. The summed E-state index contributed by atoms with van der Waals surface area (Å²) in [6.07, 6.45) is 0. The molecule has 0 aliphatic carbocycles. The Balaban J connectivity index is 2.25. The molecule has 1 N–H and O–H groups in total. The van der Waals surface area contributed by atoms with Crippen LogP contribution in [0.15, 0.2) is 18.2 Å². The molecular formula is C13H16ClNO2S. The Morgan fingerprint density at radius 1 is 1.50 bits per heavy atom. The molecule has 1 aromatic carbocycles. The number of halogens is 1. The number of amides is 1. The topological polar surface area (TPSA) is 40.5 Å². The fourth-order valence-corrected chi connectivity index (χ4v) is 3.33. The summed E-state index contributed by atoms with van der Waals surface area (Å²) in [6, 6.07) is 4.79. The molecule has 18 heavy (non-hydrogen) atoms. The van der Waals surface area contributed by atoms with Crippen LogP contribution in [0.4, 0.5) is 0 Å². The van der Waals surface area contributed by atoms with Gasteiger partial charge in [-0.15, -0.1) is 0 Å². The second-order valence-corrected chi connectivity index (χ2v) is 6.40. The third-order valence-electron chi connectivity index (χ3n) is 3.33. The first kappa shape index (κ1) is 13.6. The van der Waals surface area contributed by atoms with Crippen LogP contribution in [-0.2, 0) is 0 Å². The highest BCUT2D eigenvalue weighted by atomic mass is 35.5.